The summed E-state index contributed by atoms with van der Waals surface area (Å²) >= 11 is 0. The molecule has 0 bridgehead atoms. The van der Waals surface area contributed by atoms with Gasteiger partial charge < -0.3 is 5.73 Å². The van der Waals surface area contributed by atoms with Crippen LogP contribution in [-0.2, 0) is 6.42 Å². The second kappa shape index (κ2) is 4.30. The summed E-state index contributed by atoms with van der Waals surface area (Å²) in [6, 6.07) is 0. The third-order valence-corrected chi connectivity index (χ3v) is 2.27. The van der Waals surface area contributed by atoms with Gasteiger partial charge in [0.25, 0.3) is 0 Å². The van der Waals surface area contributed by atoms with Crippen LogP contribution in [0.1, 0.15) is 50.8 Å². The predicted octanol–water partition coefficient (Wildman–Crippen LogP) is 2.46. The number of hydrogen-bond acceptors (Lipinski definition) is 2. The van der Waals surface area contributed by atoms with Gasteiger partial charge in [0, 0.05) is 11.3 Å². The van der Waals surface area contributed by atoms with Gasteiger partial charge >= 0.3 is 0 Å². The number of aryl methyl sites for hydroxylation is 1. The van der Waals surface area contributed by atoms with E-state index in [1.807, 2.05) is 0 Å². The zero-order valence-electron chi connectivity index (χ0n) is 8.72. The summed E-state index contributed by atoms with van der Waals surface area (Å²) < 4.78 is 0. The largest absolute Gasteiger partial charge is 0.382 e. The second-order valence-corrected chi connectivity index (χ2v) is 3.76. The average molecular weight is 181 g/mol. The summed E-state index contributed by atoms with van der Waals surface area (Å²) in [4.78, 5) is 0. The van der Waals surface area contributed by atoms with Crippen molar-refractivity contribution in [1.29, 1.82) is 0 Å². The van der Waals surface area contributed by atoms with E-state index in [1.165, 1.54) is 24.1 Å². The number of nitrogens with zero attached hydrogens (tertiary/aromatic N) is 1. The molecular weight excluding hydrogens is 162 g/mol. The van der Waals surface area contributed by atoms with E-state index in [4.69, 9.17) is 5.73 Å². The molecule has 74 valence electrons. The van der Waals surface area contributed by atoms with E-state index in [0.29, 0.717) is 11.7 Å². The summed E-state index contributed by atoms with van der Waals surface area (Å²) in [7, 11) is 0. The molecule has 0 saturated heterocycles. The van der Waals surface area contributed by atoms with Crippen LogP contribution < -0.4 is 5.73 Å². The van der Waals surface area contributed by atoms with Crippen molar-refractivity contribution >= 4 is 5.82 Å². The van der Waals surface area contributed by atoms with Crippen molar-refractivity contribution in [2.45, 2.75) is 46.0 Å². The summed E-state index contributed by atoms with van der Waals surface area (Å²) in [6.45, 7) is 6.49. The maximum Gasteiger partial charge on any atom is 0.148 e. The van der Waals surface area contributed by atoms with Crippen LogP contribution in [0.3, 0.4) is 0 Å². The molecule has 13 heavy (non-hydrogen) atoms. The van der Waals surface area contributed by atoms with Crippen molar-refractivity contribution in [2.75, 3.05) is 5.73 Å². The molecule has 1 aromatic rings. The number of anilines is 1. The highest BCUT2D eigenvalue weighted by Gasteiger charge is 2.12. The molecule has 1 heterocycles. The molecule has 3 heteroatoms. The Bertz CT molecular complexity index is 263. The summed E-state index contributed by atoms with van der Waals surface area (Å²) in [5.74, 6) is 1.13. The van der Waals surface area contributed by atoms with E-state index in [9.17, 15) is 0 Å². The molecule has 0 aromatic carbocycles. The van der Waals surface area contributed by atoms with Gasteiger partial charge in [0.1, 0.15) is 5.82 Å². The third-order valence-electron chi connectivity index (χ3n) is 2.27. The van der Waals surface area contributed by atoms with Gasteiger partial charge in [0.15, 0.2) is 0 Å². The molecule has 0 aliphatic carbocycles. The maximum absolute atomic E-state index is 5.77. The molecule has 0 unspecified atom stereocenters. The second-order valence-electron chi connectivity index (χ2n) is 3.76. The fraction of sp³-hybridized carbons (Fsp3) is 0.700. The Labute approximate surface area is 79.7 Å². The average Bonchev–Trinajstić information content (AvgIpc) is 2.43. The molecule has 0 aliphatic rings. The Kier molecular flexibility index (Phi) is 3.34. The summed E-state index contributed by atoms with van der Waals surface area (Å²) in [5, 5.41) is 7.06. The lowest BCUT2D eigenvalue weighted by Gasteiger charge is -2.06. The number of nitrogens with two attached hydrogens (primary N) is 1. The van der Waals surface area contributed by atoms with Gasteiger partial charge in [-0.15, -0.1) is 0 Å². The third kappa shape index (κ3) is 2.23. The van der Waals surface area contributed by atoms with Gasteiger partial charge in [0.05, 0.1) is 0 Å². The van der Waals surface area contributed by atoms with Gasteiger partial charge in [0.2, 0.25) is 0 Å². The zero-order valence-corrected chi connectivity index (χ0v) is 8.72. The number of nitrogen functional groups attached to an aromatic ring is 1. The Hall–Kier alpha value is -0.990. The van der Waals surface area contributed by atoms with Crippen LogP contribution >= 0.6 is 0 Å². The van der Waals surface area contributed by atoms with Gasteiger partial charge in [-0.1, -0.05) is 27.2 Å². The first kappa shape index (κ1) is 10.1. The van der Waals surface area contributed by atoms with Crippen LogP contribution in [0, 0.1) is 0 Å². The number of hydrogen-bond donors (Lipinski definition) is 2. The molecule has 3 nitrogen and oxygen atoms in total. The Balaban J connectivity index is 2.81. The predicted molar refractivity (Wildman–Crippen MR) is 55.7 cm³/mol. The Morgan fingerprint density at radius 2 is 2.15 bits per heavy atom. The fourth-order valence-electron chi connectivity index (χ4n) is 1.59. The molecule has 3 N–H and O–H groups in total. The van der Waals surface area contributed by atoms with Crippen molar-refractivity contribution < 1.29 is 0 Å². The molecule has 0 aliphatic heterocycles. The lowest BCUT2D eigenvalue weighted by molar-refractivity contribution is 0.751. The molecule has 1 rings (SSSR count). The van der Waals surface area contributed by atoms with E-state index in [0.717, 1.165) is 6.42 Å². The fourth-order valence-corrected chi connectivity index (χ4v) is 1.59. The van der Waals surface area contributed by atoms with Crippen molar-refractivity contribution in [3.05, 3.63) is 11.3 Å². The van der Waals surface area contributed by atoms with E-state index >= 15 is 0 Å². The smallest absolute Gasteiger partial charge is 0.148 e. The lowest BCUT2D eigenvalue weighted by Crippen LogP contribution is -1.97. The van der Waals surface area contributed by atoms with Gasteiger partial charge in [-0.05, 0) is 18.8 Å². The van der Waals surface area contributed by atoms with Gasteiger partial charge in [-0.2, -0.15) is 5.10 Å². The molecule has 0 spiro atoms. The Morgan fingerprint density at radius 3 is 2.69 bits per heavy atom. The maximum atomic E-state index is 5.77. The first-order chi connectivity index (χ1) is 6.16. The minimum atomic E-state index is 0.464. The number of aromatic amines is 1. The molecule has 0 amide bonds. The zero-order chi connectivity index (χ0) is 9.84. The molecule has 0 radical (unpaired) electrons. The quantitative estimate of drug-likeness (QED) is 0.749. The minimum Gasteiger partial charge on any atom is -0.382 e. The normalized spacial score (nSPS) is 11.1. The molecule has 0 fully saturated rings. The summed E-state index contributed by atoms with van der Waals surface area (Å²) in [6.07, 6.45) is 3.46. The molecular formula is C10H19N3. The minimum absolute atomic E-state index is 0.464. The van der Waals surface area contributed by atoms with E-state index in [2.05, 4.69) is 31.0 Å². The van der Waals surface area contributed by atoms with Crippen molar-refractivity contribution in [1.82, 2.24) is 10.2 Å². The molecule has 1 aromatic heterocycles. The van der Waals surface area contributed by atoms with Crippen molar-refractivity contribution in [3.8, 4) is 0 Å². The van der Waals surface area contributed by atoms with Crippen LogP contribution in [0.4, 0.5) is 5.82 Å². The Morgan fingerprint density at radius 1 is 1.46 bits per heavy atom. The van der Waals surface area contributed by atoms with Gasteiger partial charge in [-0.3, -0.25) is 5.10 Å². The van der Waals surface area contributed by atoms with Gasteiger partial charge in [-0.25, -0.2) is 0 Å². The number of rotatable bonds is 4. The van der Waals surface area contributed by atoms with Crippen LogP contribution in [0.2, 0.25) is 0 Å². The van der Waals surface area contributed by atoms with E-state index in [1.54, 1.807) is 0 Å². The highest BCUT2D eigenvalue weighted by atomic mass is 15.2. The van der Waals surface area contributed by atoms with E-state index < -0.39 is 0 Å². The highest BCUT2D eigenvalue weighted by Crippen LogP contribution is 2.24. The van der Waals surface area contributed by atoms with Crippen molar-refractivity contribution in [3.63, 3.8) is 0 Å². The standard InChI is InChI=1S/C10H19N3/c1-4-5-6-8-9(7(2)3)10(11)13-12-8/h7H,4-6H2,1-3H3,(H3,11,12,13). The number of H-pyrrole nitrogens is 1. The number of nitrogens with one attached hydrogen (secondary N) is 1. The monoisotopic (exact) mass is 181 g/mol. The first-order valence-corrected chi connectivity index (χ1v) is 4.99. The topological polar surface area (TPSA) is 54.7 Å². The SMILES string of the molecule is CCCCc1[nH]nc(N)c1C(C)C. The summed E-state index contributed by atoms with van der Waals surface area (Å²) in [5.41, 5.74) is 8.19. The van der Waals surface area contributed by atoms with Crippen LogP contribution in [-0.4, -0.2) is 10.2 Å². The molecule has 0 saturated carbocycles. The number of unbranched alkanes of at least 4 members (excludes halogenated alkanes) is 1. The number of aromatic nitrogens is 2. The van der Waals surface area contributed by atoms with Crippen LogP contribution in [0.25, 0.3) is 0 Å². The highest BCUT2D eigenvalue weighted by molar-refractivity contribution is 5.44. The van der Waals surface area contributed by atoms with E-state index in [-0.39, 0.29) is 0 Å². The van der Waals surface area contributed by atoms with Crippen LogP contribution in [0.5, 0.6) is 0 Å². The lowest BCUT2D eigenvalue weighted by atomic mass is 10.0. The molecule has 0 atom stereocenters. The van der Waals surface area contributed by atoms with Crippen molar-refractivity contribution in [2.24, 2.45) is 0 Å². The van der Waals surface area contributed by atoms with Crippen LogP contribution in [0.15, 0.2) is 0 Å². The first-order valence-electron chi connectivity index (χ1n) is 4.99.